The molecule has 0 aliphatic carbocycles. The molecule has 112 valence electrons. The predicted molar refractivity (Wildman–Crippen MR) is 77.8 cm³/mol. The number of ether oxygens (including phenoxy) is 1. The van der Waals surface area contributed by atoms with Gasteiger partial charge < -0.3 is 10.1 Å². The first-order valence-electron chi connectivity index (χ1n) is 6.76. The monoisotopic (exact) mass is 291 g/mol. The highest BCUT2D eigenvalue weighted by Crippen LogP contribution is 2.14. The largest absolute Gasteiger partial charge is 0.494 e. The van der Waals surface area contributed by atoms with E-state index in [2.05, 4.69) is 15.5 Å². The van der Waals surface area contributed by atoms with Crippen molar-refractivity contribution in [1.82, 2.24) is 10.2 Å². The minimum atomic E-state index is -0.300. The van der Waals surface area contributed by atoms with Crippen molar-refractivity contribution in [3.05, 3.63) is 41.3 Å². The Morgan fingerprint density at radius 3 is 2.67 bits per heavy atom. The Bertz CT molecular complexity index is 608. The molecule has 1 amide bonds. The van der Waals surface area contributed by atoms with Crippen molar-refractivity contribution in [3.63, 3.8) is 0 Å². The number of benzene rings is 1. The van der Waals surface area contributed by atoms with Crippen LogP contribution in [0.2, 0.25) is 0 Å². The summed E-state index contributed by atoms with van der Waals surface area (Å²) in [6.07, 6.45) is 0.915. The van der Waals surface area contributed by atoms with E-state index in [0.717, 1.165) is 11.3 Å². The molecule has 0 radical (unpaired) electrons. The number of nitrogens with one attached hydrogen (secondary N) is 2. The number of halogens is 1. The van der Waals surface area contributed by atoms with Gasteiger partial charge in [-0.15, -0.1) is 0 Å². The number of aromatic amines is 1. The van der Waals surface area contributed by atoms with Gasteiger partial charge in [0.1, 0.15) is 11.6 Å². The minimum Gasteiger partial charge on any atom is -0.494 e. The first-order valence-corrected chi connectivity index (χ1v) is 6.76. The molecule has 0 fully saturated rings. The maximum absolute atomic E-state index is 12.7. The molecule has 0 bridgehead atoms. The number of aromatic nitrogens is 2. The number of hydrogen-bond acceptors (Lipinski definition) is 3. The molecule has 1 aromatic carbocycles. The summed E-state index contributed by atoms with van der Waals surface area (Å²) < 4.78 is 18.1. The minimum absolute atomic E-state index is 0.104. The van der Waals surface area contributed by atoms with Crippen LogP contribution < -0.4 is 10.1 Å². The van der Waals surface area contributed by atoms with E-state index in [4.69, 9.17) is 4.74 Å². The van der Waals surface area contributed by atoms with E-state index in [1.54, 1.807) is 12.1 Å². The number of amides is 1. The number of hydrogen-bond donors (Lipinski definition) is 2. The van der Waals surface area contributed by atoms with Gasteiger partial charge in [-0.25, -0.2) is 4.39 Å². The van der Waals surface area contributed by atoms with Gasteiger partial charge in [-0.1, -0.05) is 0 Å². The first kappa shape index (κ1) is 15.0. The molecule has 0 unspecified atom stereocenters. The van der Waals surface area contributed by atoms with Crippen molar-refractivity contribution >= 4 is 11.7 Å². The van der Waals surface area contributed by atoms with Gasteiger partial charge in [0.25, 0.3) is 0 Å². The zero-order chi connectivity index (χ0) is 15.2. The van der Waals surface area contributed by atoms with Crippen LogP contribution in [0.25, 0.3) is 0 Å². The first-order chi connectivity index (χ1) is 10.1. The van der Waals surface area contributed by atoms with Gasteiger partial charge in [0.2, 0.25) is 5.91 Å². The lowest BCUT2D eigenvalue weighted by molar-refractivity contribution is -0.116. The molecule has 2 aromatic rings. The van der Waals surface area contributed by atoms with Crippen molar-refractivity contribution < 1.29 is 13.9 Å². The number of carbonyl (C=O) groups excluding carboxylic acids is 1. The number of carbonyl (C=O) groups is 1. The zero-order valence-electron chi connectivity index (χ0n) is 12.1. The summed E-state index contributed by atoms with van der Waals surface area (Å²) in [5.41, 5.74) is 1.87. The van der Waals surface area contributed by atoms with Crippen molar-refractivity contribution in [2.45, 2.75) is 26.7 Å². The lowest BCUT2D eigenvalue weighted by atomic mass is 10.2. The van der Waals surface area contributed by atoms with Crippen LogP contribution in [-0.4, -0.2) is 22.7 Å². The van der Waals surface area contributed by atoms with Crippen molar-refractivity contribution in [2.24, 2.45) is 0 Å². The summed E-state index contributed by atoms with van der Waals surface area (Å²) in [7, 11) is 0. The van der Waals surface area contributed by atoms with Crippen LogP contribution in [0.5, 0.6) is 5.75 Å². The second-order valence-electron chi connectivity index (χ2n) is 4.78. The standard InChI is InChI=1S/C15H18FN3O2/c1-10-11(2)18-19-15(10)17-14(20)4-3-9-21-13-7-5-12(16)6-8-13/h5-8H,3-4,9H2,1-2H3,(H2,17,18,19,20). The van der Waals surface area contributed by atoms with Crippen molar-refractivity contribution in [3.8, 4) is 5.75 Å². The van der Waals surface area contributed by atoms with Gasteiger partial charge in [-0.2, -0.15) is 5.10 Å². The number of anilines is 1. The quantitative estimate of drug-likeness (QED) is 0.804. The third kappa shape index (κ3) is 4.30. The van der Waals surface area contributed by atoms with Gasteiger partial charge in [0.05, 0.1) is 6.61 Å². The zero-order valence-corrected chi connectivity index (χ0v) is 12.1. The maximum atomic E-state index is 12.7. The molecule has 6 heteroatoms. The van der Waals surface area contributed by atoms with E-state index in [0.29, 0.717) is 31.0 Å². The fourth-order valence-electron chi connectivity index (χ4n) is 1.75. The van der Waals surface area contributed by atoms with Crippen LogP contribution in [-0.2, 0) is 4.79 Å². The SMILES string of the molecule is Cc1[nH]nc(NC(=O)CCCOc2ccc(F)cc2)c1C. The molecular weight excluding hydrogens is 273 g/mol. The Kier molecular flexibility index (Phi) is 4.92. The molecule has 1 heterocycles. The predicted octanol–water partition coefficient (Wildman–Crippen LogP) is 2.96. The smallest absolute Gasteiger partial charge is 0.225 e. The second kappa shape index (κ2) is 6.88. The van der Waals surface area contributed by atoms with Gasteiger partial charge in [-0.3, -0.25) is 9.89 Å². The van der Waals surface area contributed by atoms with Crippen LogP contribution in [0.3, 0.4) is 0 Å². The van der Waals surface area contributed by atoms with Crippen LogP contribution in [0, 0.1) is 19.7 Å². The third-order valence-electron chi connectivity index (χ3n) is 3.14. The van der Waals surface area contributed by atoms with Crippen LogP contribution in [0.4, 0.5) is 10.2 Å². The highest BCUT2D eigenvalue weighted by atomic mass is 19.1. The normalized spacial score (nSPS) is 10.4. The number of aryl methyl sites for hydroxylation is 1. The fraction of sp³-hybridized carbons (Fsp3) is 0.333. The van der Waals surface area contributed by atoms with E-state index in [-0.39, 0.29) is 11.7 Å². The summed E-state index contributed by atoms with van der Waals surface area (Å²) in [5, 5.41) is 9.58. The Morgan fingerprint density at radius 2 is 2.05 bits per heavy atom. The van der Waals surface area contributed by atoms with Gasteiger partial charge in [-0.05, 0) is 44.5 Å². The summed E-state index contributed by atoms with van der Waals surface area (Å²) in [4.78, 5) is 11.8. The lowest BCUT2D eigenvalue weighted by Crippen LogP contribution is -2.13. The topological polar surface area (TPSA) is 67.0 Å². The van der Waals surface area contributed by atoms with Crippen LogP contribution in [0.1, 0.15) is 24.1 Å². The molecule has 21 heavy (non-hydrogen) atoms. The van der Waals surface area contributed by atoms with E-state index < -0.39 is 0 Å². The fourth-order valence-corrected chi connectivity index (χ4v) is 1.75. The van der Waals surface area contributed by atoms with Gasteiger partial charge in [0, 0.05) is 17.7 Å². The second-order valence-corrected chi connectivity index (χ2v) is 4.78. The average molecular weight is 291 g/mol. The molecule has 1 aromatic heterocycles. The molecule has 0 spiro atoms. The molecule has 0 atom stereocenters. The van der Waals surface area contributed by atoms with E-state index in [9.17, 15) is 9.18 Å². The Morgan fingerprint density at radius 1 is 1.33 bits per heavy atom. The number of rotatable bonds is 6. The molecule has 5 nitrogen and oxygen atoms in total. The molecule has 0 aliphatic heterocycles. The van der Waals surface area contributed by atoms with Crippen molar-refractivity contribution in [1.29, 1.82) is 0 Å². The highest BCUT2D eigenvalue weighted by Gasteiger charge is 2.09. The Balaban J connectivity index is 1.70. The van der Waals surface area contributed by atoms with Crippen molar-refractivity contribution in [2.75, 3.05) is 11.9 Å². The van der Waals surface area contributed by atoms with Crippen LogP contribution >= 0.6 is 0 Å². The summed E-state index contributed by atoms with van der Waals surface area (Å²) in [5.74, 6) is 0.756. The van der Waals surface area contributed by atoms with E-state index >= 15 is 0 Å². The lowest BCUT2D eigenvalue weighted by Gasteiger charge is -2.06. The number of H-pyrrole nitrogens is 1. The molecule has 2 N–H and O–H groups in total. The average Bonchev–Trinajstić information content (AvgIpc) is 2.77. The van der Waals surface area contributed by atoms with Gasteiger partial charge >= 0.3 is 0 Å². The summed E-state index contributed by atoms with van der Waals surface area (Å²) in [6, 6.07) is 5.80. The Hall–Kier alpha value is -2.37. The molecule has 0 saturated heterocycles. The molecular formula is C15H18FN3O2. The third-order valence-corrected chi connectivity index (χ3v) is 3.14. The van der Waals surface area contributed by atoms with Gasteiger partial charge in [0.15, 0.2) is 5.82 Å². The highest BCUT2D eigenvalue weighted by molar-refractivity contribution is 5.90. The summed E-state index contributed by atoms with van der Waals surface area (Å²) in [6.45, 7) is 4.19. The summed E-state index contributed by atoms with van der Waals surface area (Å²) >= 11 is 0. The van der Waals surface area contributed by atoms with E-state index in [1.807, 2.05) is 13.8 Å². The number of nitrogens with zero attached hydrogens (tertiary/aromatic N) is 1. The molecule has 2 rings (SSSR count). The van der Waals surface area contributed by atoms with Crippen LogP contribution in [0.15, 0.2) is 24.3 Å². The Labute approximate surface area is 122 Å². The van der Waals surface area contributed by atoms with E-state index in [1.165, 1.54) is 12.1 Å². The molecule has 0 saturated carbocycles. The maximum Gasteiger partial charge on any atom is 0.225 e. The molecule has 0 aliphatic rings.